The van der Waals surface area contributed by atoms with Crippen molar-refractivity contribution in [2.45, 2.75) is 50.8 Å². The van der Waals surface area contributed by atoms with E-state index in [-0.39, 0.29) is 18.1 Å². The second-order valence-corrected chi connectivity index (χ2v) is 10.9. The Labute approximate surface area is 213 Å². The first-order valence-electron chi connectivity index (χ1n) is 13.5. The zero-order valence-corrected chi connectivity index (χ0v) is 20.9. The lowest BCUT2D eigenvalue weighted by molar-refractivity contribution is -0.958. The van der Waals surface area contributed by atoms with Gasteiger partial charge in [0.25, 0.3) is 0 Å². The summed E-state index contributed by atoms with van der Waals surface area (Å²) in [4.78, 5) is 20.8. The zero-order chi connectivity index (χ0) is 24.4. The SMILES string of the molecule is O=C(O[C@H]1C[N+]2(Cc3coc(-c4ccccc4)n3)CCC1CC2)[C@H](c1ccccc1)N1CCCCC1. The Kier molecular flexibility index (Phi) is 6.63. The molecule has 2 atom stereocenters. The normalized spacial score (nSPS) is 27.0. The van der Waals surface area contributed by atoms with Crippen LogP contribution < -0.4 is 0 Å². The van der Waals surface area contributed by atoms with Crippen LogP contribution in [0.15, 0.2) is 71.3 Å². The summed E-state index contributed by atoms with van der Waals surface area (Å²) < 4.78 is 13.1. The second-order valence-electron chi connectivity index (χ2n) is 10.9. The van der Waals surface area contributed by atoms with Crippen molar-refractivity contribution in [3.8, 4) is 11.5 Å². The van der Waals surface area contributed by atoms with Gasteiger partial charge in [-0.3, -0.25) is 4.90 Å². The maximum atomic E-state index is 13.7. The molecular formula is C30H36N3O3+. The van der Waals surface area contributed by atoms with E-state index < -0.39 is 0 Å². The molecule has 5 heterocycles. The molecule has 7 rings (SSSR count). The fraction of sp³-hybridized carbons (Fsp3) is 0.467. The Morgan fingerprint density at radius 2 is 1.69 bits per heavy atom. The highest BCUT2D eigenvalue weighted by atomic mass is 16.5. The Bertz CT molecular complexity index is 1150. The van der Waals surface area contributed by atoms with E-state index in [2.05, 4.69) is 17.0 Å². The summed E-state index contributed by atoms with van der Waals surface area (Å²) in [5.41, 5.74) is 3.03. The number of nitrogens with zero attached hydrogens (tertiary/aromatic N) is 3. The van der Waals surface area contributed by atoms with Gasteiger partial charge < -0.3 is 13.6 Å². The number of hydrogen-bond acceptors (Lipinski definition) is 5. The van der Waals surface area contributed by atoms with E-state index in [0.717, 1.165) is 86.3 Å². The molecule has 6 nitrogen and oxygen atoms in total. The third-order valence-corrected chi connectivity index (χ3v) is 8.47. The predicted octanol–water partition coefficient (Wildman–Crippen LogP) is 5.22. The highest BCUT2D eigenvalue weighted by Crippen LogP contribution is 2.38. The minimum Gasteiger partial charge on any atom is -0.455 e. The van der Waals surface area contributed by atoms with Gasteiger partial charge >= 0.3 is 5.97 Å². The van der Waals surface area contributed by atoms with Crippen molar-refractivity contribution in [1.82, 2.24) is 9.88 Å². The molecule has 4 aliphatic heterocycles. The van der Waals surface area contributed by atoms with Gasteiger partial charge in [-0.05, 0) is 43.6 Å². The smallest absolute Gasteiger partial charge is 0.328 e. The van der Waals surface area contributed by atoms with E-state index in [0.29, 0.717) is 11.8 Å². The van der Waals surface area contributed by atoms with Crippen LogP contribution in [-0.4, -0.2) is 59.2 Å². The van der Waals surface area contributed by atoms with Crippen molar-refractivity contribution in [1.29, 1.82) is 0 Å². The molecule has 6 heteroatoms. The van der Waals surface area contributed by atoms with Crippen molar-refractivity contribution < 1.29 is 18.4 Å². The molecule has 2 bridgehead atoms. The number of aromatic nitrogens is 1. The Balaban J connectivity index is 1.17. The van der Waals surface area contributed by atoms with Crippen molar-refractivity contribution in [3.05, 3.63) is 78.2 Å². The zero-order valence-electron chi connectivity index (χ0n) is 20.9. The molecule has 4 saturated heterocycles. The van der Waals surface area contributed by atoms with Crippen LogP contribution >= 0.6 is 0 Å². The lowest BCUT2D eigenvalue weighted by atomic mass is 9.83. The summed E-state index contributed by atoms with van der Waals surface area (Å²) in [5.74, 6) is 1.06. The Morgan fingerprint density at radius 3 is 2.42 bits per heavy atom. The summed E-state index contributed by atoms with van der Waals surface area (Å²) in [6, 6.07) is 19.9. The molecule has 0 amide bonds. The first-order chi connectivity index (χ1) is 17.7. The van der Waals surface area contributed by atoms with Crippen LogP contribution in [0.5, 0.6) is 0 Å². The molecule has 0 aliphatic carbocycles. The van der Waals surface area contributed by atoms with Gasteiger partial charge in [-0.15, -0.1) is 0 Å². The third kappa shape index (κ3) is 4.84. The van der Waals surface area contributed by atoms with E-state index in [1.807, 2.05) is 48.5 Å². The average molecular weight is 487 g/mol. The standard InChI is InChI=1S/C30H36N3O3/c34-30(28(24-10-4-1-5-11-24)32-16-8-3-9-17-32)36-27-21-33(18-14-23(27)15-19-33)20-26-22-35-29(31-26)25-12-6-2-7-13-25/h1-2,4-7,10-13,22-23,27-28H,3,8-9,14-21H2/q+1/t23?,27-,28-,33?/m0/s1. The van der Waals surface area contributed by atoms with E-state index in [1.165, 1.54) is 6.42 Å². The number of esters is 1. The van der Waals surface area contributed by atoms with Crippen molar-refractivity contribution in [2.75, 3.05) is 32.7 Å². The Morgan fingerprint density at radius 1 is 1.00 bits per heavy atom. The monoisotopic (exact) mass is 486 g/mol. The number of likely N-dealkylation sites (tertiary alicyclic amines) is 1. The number of oxazole rings is 1. The highest BCUT2D eigenvalue weighted by molar-refractivity contribution is 5.78. The minimum atomic E-state index is -0.306. The topological polar surface area (TPSA) is 55.6 Å². The van der Waals surface area contributed by atoms with Crippen molar-refractivity contribution in [2.24, 2.45) is 5.92 Å². The number of quaternary nitrogens is 1. The van der Waals surface area contributed by atoms with Gasteiger partial charge in [0.05, 0.1) is 13.1 Å². The van der Waals surface area contributed by atoms with Gasteiger partial charge in [-0.2, -0.15) is 0 Å². The van der Waals surface area contributed by atoms with Crippen LogP contribution in [0.3, 0.4) is 0 Å². The molecule has 0 unspecified atom stereocenters. The van der Waals surface area contributed by atoms with E-state index >= 15 is 0 Å². The maximum absolute atomic E-state index is 13.7. The summed E-state index contributed by atoms with van der Waals surface area (Å²) in [7, 11) is 0. The fourth-order valence-electron chi connectivity index (χ4n) is 6.53. The van der Waals surface area contributed by atoms with Crippen LogP contribution in [0, 0.1) is 5.92 Å². The lowest BCUT2D eigenvalue weighted by Crippen LogP contribution is -2.64. The quantitative estimate of drug-likeness (QED) is 0.339. The molecular weight excluding hydrogens is 450 g/mol. The first-order valence-corrected chi connectivity index (χ1v) is 13.5. The van der Waals surface area contributed by atoms with Gasteiger partial charge in [0.2, 0.25) is 5.89 Å². The summed E-state index contributed by atoms with van der Waals surface area (Å²) in [6.45, 7) is 5.83. The molecule has 0 saturated carbocycles. The predicted molar refractivity (Wildman–Crippen MR) is 138 cm³/mol. The van der Waals surface area contributed by atoms with Gasteiger partial charge in [-0.25, -0.2) is 9.78 Å². The van der Waals surface area contributed by atoms with Gasteiger partial charge in [0.15, 0.2) is 6.10 Å². The molecule has 36 heavy (non-hydrogen) atoms. The second kappa shape index (κ2) is 10.2. The molecule has 0 radical (unpaired) electrons. The van der Waals surface area contributed by atoms with E-state index in [1.54, 1.807) is 6.26 Å². The number of piperidine rings is 4. The average Bonchev–Trinajstić information content (AvgIpc) is 3.39. The highest BCUT2D eigenvalue weighted by Gasteiger charge is 2.48. The molecule has 1 aromatic heterocycles. The van der Waals surface area contributed by atoms with Crippen LogP contribution in [0.2, 0.25) is 0 Å². The van der Waals surface area contributed by atoms with Crippen LogP contribution in [0.25, 0.3) is 11.5 Å². The van der Waals surface area contributed by atoms with Crippen LogP contribution in [0.1, 0.15) is 49.4 Å². The number of hydrogen-bond donors (Lipinski definition) is 0. The summed E-state index contributed by atoms with van der Waals surface area (Å²) in [6.07, 6.45) is 7.50. The first kappa shape index (κ1) is 23.4. The number of fused-ring (bicyclic) bond motifs is 3. The van der Waals surface area contributed by atoms with E-state index in [4.69, 9.17) is 14.1 Å². The third-order valence-electron chi connectivity index (χ3n) is 8.47. The number of benzene rings is 2. The van der Waals surface area contributed by atoms with Crippen molar-refractivity contribution >= 4 is 5.97 Å². The van der Waals surface area contributed by atoms with Gasteiger partial charge in [0.1, 0.15) is 31.1 Å². The summed E-state index contributed by atoms with van der Waals surface area (Å²) in [5, 5.41) is 0. The molecule has 4 aliphatic rings. The minimum absolute atomic E-state index is 0.0310. The molecule has 0 N–H and O–H groups in total. The Hall–Kier alpha value is -2.96. The largest absolute Gasteiger partial charge is 0.455 e. The lowest BCUT2D eigenvalue weighted by Gasteiger charge is -2.52. The maximum Gasteiger partial charge on any atom is 0.328 e. The number of carbonyl (C=O) groups excluding carboxylic acids is 1. The van der Waals surface area contributed by atoms with Crippen molar-refractivity contribution in [3.63, 3.8) is 0 Å². The number of rotatable bonds is 7. The van der Waals surface area contributed by atoms with Crippen LogP contribution in [0.4, 0.5) is 0 Å². The molecule has 0 spiro atoms. The number of ether oxygens (including phenoxy) is 1. The number of carbonyl (C=O) groups is 1. The molecule has 188 valence electrons. The molecule has 2 aromatic carbocycles. The fourth-order valence-corrected chi connectivity index (χ4v) is 6.53. The summed E-state index contributed by atoms with van der Waals surface area (Å²) >= 11 is 0. The van der Waals surface area contributed by atoms with Gasteiger partial charge in [0, 0.05) is 24.3 Å². The van der Waals surface area contributed by atoms with Crippen LogP contribution in [-0.2, 0) is 16.1 Å². The van der Waals surface area contributed by atoms with Gasteiger partial charge in [-0.1, -0.05) is 55.0 Å². The molecule has 3 aromatic rings. The van der Waals surface area contributed by atoms with E-state index in [9.17, 15) is 4.79 Å². The molecule has 4 fully saturated rings.